The summed E-state index contributed by atoms with van der Waals surface area (Å²) in [7, 11) is 0. The molecule has 0 aromatic rings. The highest BCUT2D eigenvalue weighted by Crippen LogP contribution is 2.26. The van der Waals surface area contributed by atoms with E-state index in [-0.39, 0.29) is 23.9 Å². The fourth-order valence-corrected chi connectivity index (χ4v) is 5.41. The van der Waals surface area contributed by atoms with Crippen LogP contribution in [0, 0.1) is 5.92 Å². The number of esters is 1. The third kappa shape index (κ3) is 16.9. The molecule has 48 heavy (non-hydrogen) atoms. The lowest BCUT2D eigenvalue weighted by atomic mass is 9.87. The third-order valence-electron chi connectivity index (χ3n) is 7.95. The van der Waals surface area contributed by atoms with Gasteiger partial charge in [-0.25, -0.2) is 9.59 Å². The molecule has 0 spiro atoms. The minimum Gasteiger partial charge on any atom is -0.516 e. The number of ketones is 1. The Morgan fingerprint density at radius 1 is 0.812 bits per heavy atom. The summed E-state index contributed by atoms with van der Waals surface area (Å²) in [4.78, 5) is 61.2. The van der Waals surface area contributed by atoms with E-state index in [4.69, 9.17) is 38.6 Å². The number of aliphatic hydroxyl groups excluding tert-OH is 2. The van der Waals surface area contributed by atoms with Crippen molar-refractivity contribution in [3.63, 3.8) is 0 Å². The number of nitrogens with zero attached hydrogens (tertiary/aromatic N) is 1. The molecule has 3 aliphatic heterocycles. The highest BCUT2D eigenvalue weighted by molar-refractivity contribution is 5.96. The molecule has 15 heteroatoms. The molecule has 15 nitrogen and oxygen atoms in total. The fraction of sp³-hybridized carbons (Fsp3) is 0.727. The first-order chi connectivity index (χ1) is 23.3. The maximum Gasteiger partial charge on any atom is 0.511 e. The van der Waals surface area contributed by atoms with Crippen molar-refractivity contribution in [3.8, 4) is 0 Å². The summed E-state index contributed by atoms with van der Waals surface area (Å²) >= 11 is 0. The Bertz CT molecular complexity index is 1030. The van der Waals surface area contributed by atoms with Crippen LogP contribution < -0.4 is 0 Å². The lowest BCUT2D eigenvalue weighted by Crippen LogP contribution is -2.27. The van der Waals surface area contributed by atoms with Crippen LogP contribution >= 0.6 is 0 Å². The molecule has 3 fully saturated rings. The largest absolute Gasteiger partial charge is 0.516 e. The average molecular weight is 686 g/mol. The Morgan fingerprint density at radius 3 is 1.92 bits per heavy atom. The second kappa shape index (κ2) is 24.5. The highest BCUT2D eigenvalue weighted by Gasteiger charge is 2.26. The van der Waals surface area contributed by atoms with Gasteiger partial charge in [-0.3, -0.25) is 14.4 Å². The van der Waals surface area contributed by atoms with Crippen molar-refractivity contribution in [2.75, 3.05) is 53.1 Å². The molecule has 0 saturated carbocycles. The average Bonchev–Trinajstić information content (AvgIpc) is 3.64. The van der Waals surface area contributed by atoms with Crippen LogP contribution in [0.15, 0.2) is 24.5 Å². The maximum atomic E-state index is 12.5. The first-order valence-corrected chi connectivity index (χ1v) is 16.6. The topological polar surface area (TPSA) is 194 Å². The first kappa shape index (κ1) is 40.5. The maximum absolute atomic E-state index is 12.5. The van der Waals surface area contributed by atoms with Gasteiger partial charge in [-0.15, -0.1) is 0 Å². The van der Waals surface area contributed by atoms with Crippen LogP contribution in [0.5, 0.6) is 0 Å². The van der Waals surface area contributed by atoms with Crippen LogP contribution in [0.2, 0.25) is 0 Å². The van der Waals surface area contributed by atoms with Gasteiger partial charge in [-0.2, -0.15) is 0 Å². The van der Waals surface area contributed by atoms with Gasteiger partial charge >= 0.3 is 18.3 Å². The van der Waals surface area contributed by atoms with Crippen molar-refractivity contribution in [1.82, 2.24) is 4.90 Å². The van der Waals surface area contributed by atoms with Crippen molar-refractivity contribution in [1.29, 1.82) is 0 Å². The Kier molecular flexibility index (Phi) is 20.6. The summed E-state index contributed by atoms with van der Waals surface area (Å²) in [6, 6.07) is 0. The van der Waals surface area contributed by atoms with Gasteiger partial charge in [-0.05, 0) is 50.5 Å². The first-order valence-electron chi connectivity index (χ1n) is 16.6. The number of carbonyl (C=O) groups is 5. The molecule has 0 aromatic heterocycles. The molecule has 1 amide bonds. The van der Waals surface area contributed by atoms with Crippen LogP contribution in [0.1, 0.15) is 83.5 Å². The van der Waals surface area contributed by atoms with Crippen LogP contribution in [0.25, 0.3) is 0 Å². The second-order valence-corrected chi connectivity index (χ2v) is 11.4. The van der Waals surface area contributed by atoms with Gasteiger partial charge in [0.1, 0.15) is 12.2 Å². The zero-order valence-electron chi connectivity index (χ0n) is 27.7. The van der Waals surface area contributed by atoms with Crippen molar-refractivity contribution < 1.29 is 67.3 Å². The van der Waals surface area contributed by atoms with E-state index < -0.39 is 37.8 Å². The van der Waals surface area contributed by atoms with Gasteiger partial charge in [0.15, 0.2) is 12.6 Å². The molecule has 4 rings (SSSR count). The molecule has 1 atom stereocenters. The van der Waals surface area contributed by atoms with Gasteiger partial charge in [0.25, 0.3) is 0 Å². The molecule has 2 N–H and O–H groups in total. The zero-order chi connectivity index (χ0) is 35.0. The molecular formula is C33H51NO14. The zero-order valence-corrected chi connectivity index (χ0v) is 27.7. The molecule has 4 aliphatic rings. The van der Waals surface area contributed by atoms with E-state index in [0.717, 1.165) is 38.6 Å². The lowest BCUT2D eigenvalue weighted by Gasteiger charge is -2.22. The standard InChI is InChI=1S/C24H35NO8.C7H12O5.C2H4O/c26-21(8-1-2-9-22(27)25-12-3-4-13-25)18-6-5-7-19(16-18)23(28)31-17-32-24(29)33-20-10-14-30-15-11-20;8-5-11-7(9)12-6-1-3-10-4-2-6;1-2-3/h16,19-20H,1-15,17H2;6,8H,1-5H2;2-3H,1H2/t19-;;/m0../s1. The van der Waals surface area contributed by atoms with E-state index in [1.54, 1.807) is 6.08 Å². The minimum absolute atomic E-state index is 0.0254. The van der Waals surface area contributed by atoms with E-state index in [1.807, 2.05) is 4.90 Å². The number of ether oxygens (including phenoxy) is 7. The molecule has 3 saturated heterocycles. The number of aliphatic hydroxyl groups is 2. The van der Waals surface area contributed by atoms with Crippen LogP contribution in [0.3, 0.4) is 0 Å². The van der Waals surface area contributed by atoms with Gasteiger partial charge in [-0.1, -0.05) is 12.7 Å². The van der Waals surface area contributed by atoms with Crippen LogP contribution in [0.4, 0.5) is 9.59 Å². The van der Waals surface area contributed by atoms with Crippen LogP contribution in [-0.2, 0) is 47.5 Å². The Morgan fingerprint density at radius 2 is 1.35 bits per heavy atom. The molecule has 1 aliphatic carbocycles. The summed E-state index contributed by atoms with van der Waals surface area (Å²) < 4.78 is 34.3. The molecular weight excluding hydrogens is 634 g/mol. The van der Waals surface area contributed by atoms with Gasteiger partial charge in [0, 0.05) is 51.6 Å². The molecule has 0 unspecified atom stereocenters. The van der Waals surface area contributed by atoms with E-state index >= 15 is 0 Å². The smallest absolute Gasteiger partial charge is 0.511 e. The Balaban J connectivity index is 0.000000443. The Labute approximate surface area is 281 Å². The number of carbonyl (C=O) groups excluding carboxylic acids is 5. The van der Waals surface area contributed by atoms with Gasteiger partial charge in [0.2, 0.25) is 12.7 Å². The summed E-state index contributed by atoms with van der Waals surface area (Å²) in [5.74, 6) is -0.837. The SMILES string of the molecule is C=CO.O=C(OCO)OC1CCOCC1.O=C(OCOC(=O)[C@@H]1C=C(C(=O)CCCCC(=O)N2CCCC2)CCC1)OC1CCOCC1. The number of likely N-dealkylation sites (tertiary alicyclic amines) is 1. The van der Waals surface area contributed by atoms with E-state index in [1.165, 1.54) is 0 Å². The number of amides is 1. The van der Waals surface area contributed by atoms with Gasteiger partial charge < -0.3 is 48.3 Å². The van der Waals surface area contributed by atoms with Crippen molar-refractivity contribution >= 4 is 30.0 Å². The Hall–Kier alpha value is -3.69. The van der Waals surface area contributed by atoms with E-state index in [0.29, 0.717) is 96.2 Å². The summed E-state index contributed by atoms with van der Waals surface area (Å²) in [5, 5.41) is 15.6. The molecule has 272 valence electrons. The molecule has 0 bridgehead atoms. The quantitative estimate of drug-likeness (QED) is 0.0973. The molecule has 0 radical (unpaired) electrons. The van der Waals surface area contributed by atoms with E-state index in [9.17, 15) is 24.0 Å². The second-order valence-electron chi connectivity index (χ2n) is 11.4. The predicted octanol–water partition coefficient (Wildman–Crippen LogP) is 4.25. The summed E-state index contributed by atoms with van der Waals surface area (Å²) in [6.45, 7) is 5.77. The number of Topliss-reactive ketones (excluding diaryl/α,β-unsaturated/α-hetero) is 1. The molecule has 0 aromatic carbocycles. The monoisotopic (exact) mass is 685 g/mol. The fourth-order valence-electron chi connectivity index (χ4n) is 5.41. The van der Waals surface area contributed by atoms with Crippen LogP contribution in [-0.4, -0.2) is 110 Å². The van der Waals surface area contributed by atoms with Crippen molar-refractivity contribution in [2.24, 2.45) is 5.92 Å². The summed E-state index contributed by atoms with van der Waals surface area (Å²) in [6.07, 6.45) is 9.34. The number of hydrogen-bond acceptors (Lipinski definition) is 14. The van der Waals surface area contributed by atoms with Crippen molar-refractivity contribution in [2.45, 2.75) is 95.7 Å². The predicted molar refractivity (Wildman–Crippen MR) is 168 cm³/mol. The number of hydrogen-bond donors (Lipinski definition) is 2. The number of allylic oxidation sites excluding steroid dienone is 1. The van der Waals surface area contributed by atoms with Crippen molar-refractivity contribution in [3.05, 3.63) is 24.5 Å². The normalized spacial score (nSPS) is 19.6. The lowest BCUT2D eigenvalue weighted by molar-refractivity contribution is -0.157. The molecule has 3 heterocycles. The highest BCUT2D eigenvalue weighted by atomic mass is 16.8. The third-order valence-corrected chi connectivity index (χ3v) is 7.95. The minimum atomic E-state index is -0.868. The van der Waals surface area contributed by atoms with Gasteiger partial charge in [0.05, 0.1) is 38.6 Å². The number of rotatable bonds is 12. The van der Waals surface area contributed by atoms with E-state index in [2.05, 4.69) is 11.3 Å². The number of unbranched alkanes of at least 4 members (excludes halogenated alkanes) is 1. The summed E-state index contributed by atoms with van der Waals surface area (Å²) in [5.41, 5.74) is 0.647.